The highest BCUT2D eigenvalue weighted by atomic mass is 16.5. The summed E-state index contributed by atoms with van der Waals surface area (Å²) in [6.45, 7) is 0. The lowest BCUT2D eigenvalue weighted by atomic mass is 9.77. The molecular weight excluding hydrogens is 599 g/mol. The van der Waals surface area contributed by atoms with E-state index in [1.165, 1.54) is 33.4 Å². The maximum Gasteiger partial charge on any atom is 0.163 e. The van der Waals surface area contributed by atoms with Gasteiger partial charge in [-0.05, 0) is 47.1 Å². The van der Waals surface area contributed by atoms with E-state index in [-0.39, 0.29) is 12.0 Å². The molecule has 6 aromatic carbocycles. The zero-order valence-corrected chi connectivity index (χ0v) is 27.1. The minimum atomic E-state index is 0.0871. The van der Waals surface area contributed by atoms with Crippen LogP contribution >= 0.6 is 0 Å². The summed E-state index contributed by atoms with van der Waals surface area (Å²) in [6, 6.07) is 55.3. The van der Waals surface area contributed by atoms with Crippen molar-refractivity contribution in [1.29, 1.82) is 0 Å². The van der Waals surface area contributed by atoms with Gasteiger partial charge < -0.3 is 4.74 Å². The molecular formula is C45H35N3O. The van der Waals surface area contributed by atoms with Gasteiger partial charge in [0.1, 0.15) is 17.7 Å². The highest BCUT2D eigenvalue weighted by molar-refractivity contribution is 5.76. The van der Waals surface area contributed by atoms with Crippen LogP contribution < -0.4 is 4.74 Å². The first-order chi connectivity index (χ1) is 24.3. The molecule has 1 aliphatic heterocycles. The van der Waals surface area contributed by atoms with Crippen molar-refractivity contribution in [2.24, 2.45) is 0 Å². The molecule has 1 fully saturated rings. The van der Waals surface area contributed by atoms with Crippen LogP contribution in [0.1, 0.15) is 42.5 Å². The molecule has 0 radical (unpaired) electrons. The third kappa shape index (κ3) is 5.70. The fourth-order valence-corrected chi connectivity index (χ4v) is 7.54. The van der Waals surface area contributed by atoms with Crippen LogP contribution in [-0.4, -0.2) is 21.1 Å². The average molecular weight is 634 g/mol. The predicted octanol–water partition coefficient (Wildman–Crippen LogP) is 11.0. The monoisotopic (exact) mass is 633 g/mol. The summed E-state index contributed by atoms with van der Waals surface area (Å²) in [5, 5.41) is 0. The van der Waals surface area contributed by atoms with E-state index in [0.717, 1.165) is 47.5 Å². The van der Waals surface area contributed by atoms with E-state index in [0.29, 0.717) is 17.6 Å². The zero-order valence-electron chi connectivity index (χ0n) is 27.1. The quantitative estimate of drug-likeness (QED) is 0.183. The van der Waals surface area contributed by atoms with Gasteiger partial charge in [-0.2, -0.15) is 0 Å². The number of ether oxygens (including phenoxy) is 1. The van der Waals surface area contributed by atoms with Gasteiger partial charge in [0.25, 0.3) is 0 Å². The van der Waals surface area contributed by atoms with E-state index in [1.807, 2.05) is 24.3 Å². The Morgan fingerprint density at radius 3 is 1.51 bits per heavy atom. The lowest BCUT2D eigenvalue weighted by molar-refractivity contribution is 0.149. The number of aromatic nitrogens is 3. The van der Waals surface area contributed by atoms with Gasteiger partial charge in [0.15, 0.2) is 11.6 Å². The van der Waals surface area contributed by atoms with Crippen LogP contribution in [0.3, 0.4) is 0 Å². The fourth-order valence-electron chi connectivity index (χ4n) is 7.54. The SMILES string of the molecule is c1ccc(-c2ccc(-c3nc(-c4ccccc4)nc(C4CCC5c6cccc(-c7ccc(-c8ccccc8)cc7)c6OC5C4)n3)cc2)cc1. The first kappa shape index (κ1) is 29.3. The average Bonchev–Trinajstić information content (AvgIpc) is 3.57. The van der Waals surface area contributed by atoms with Gasteiger partial charge >= 0.3 is 0 Å². The summed E-state index contributed by atoms with van der Waals surface area (Å²) in [5.74, 6) is 3.86. The van der Waals surface area contributed by atoms with E-state index in [2.05, 4.69) is 133 Å². The van der Waals surface area contributed by atoms with Crippen molar-refractivity contribution >= 4 is 0 Å². The molecule has 4 heteroatoms. The van der Waals surface area contributed by atoms with Crippen LogP contribution in [0, 0.1) is 0 Å². The van der Waals surface area contributed by atoms with E-state index in [9.17, 15) is 0 Å². The van der Waals surface area contributed by atoms with Crippen molar-refractivity contribution in [2.75, 3.05) is 0 Å². The van der Waals surface area contributed by atoms with E-state index < -0.39 is 0 Å². The Labute approximate surface area is 287 Å². The number of fused-ring (bicyclic) bond motifs is 3. The summed E-state index contributed by atoms with van der Waals surface area (Å²) >= 11 is 0. The van der Waals surface area contributed by atoms with Crippen molar-refractivity contribution in [1.82, 2.24) is 15.0 Å². The van der Waals surface area contributed by atoms with Crippen molar-refractivity contribution in [3.8, 4) is 61.9 Å². The molecule has 236 valence electrons. The Morgan fingerprint density at radius 2 is 0.918 bits per heavy atom. The van der Waals surface area contributed by atoms with Crippen molar-refractivity contribution in [3.63, 3.8) is 0 Å². The summed E-state index contributed by atoms with van der Waals surface area (Å²) in [5.41, 5.74) is 10.5. The molecule has 0 spiro atoms. The van der Waals surface area contributed by atoms with Crippen LogP contribution in [-0.2, 0) is 0 Å². The molecule has 0 amide bonds. The molecule has 2 heterocycles. The standard InChI is InChI=1S/C45H35N3O/c1-4-11-30(12-5-1)32-19-23-34(24-20-32)38-17-10-18-40-39-28-27-37(29-41(39)49-42(38)40)45-47-43(35-15-8-3-9-16-35)46-44(48-45)36-25-21-33(22-26-36)31-13-6-2-7-14-31/h1-26,37,39,41H,27-29H2. The van der Waals surface area contributed by atoms with Crippen molar-refractivity contribution < 1.29 is 4.74 Å². The molecule has 0 saturated heterocycles. The second-order valence-electron chi connectivity index (χ2n) is 13.1. The van der Waals surface area contributed by atoms with Crippen LogP contribution in [0.2, 0.25) is 0 Å². The number of benzene rings is 6. The Hall–Kier alpha value is -5.87. The first-order valence-corrected chi connectivity index (χ1v) is 17.2. The Morgan fingerprint density at radius 1 is 0.429 bits per heavy atom. The smallest absolute Gasteiger partial charge is 0.163 e. The number of hydrogen-bond donors (Lipinski definition) is 0. The number of para-hydroxylation sites is 1. The minimum Gasteiger partial charge on any atom is -0.489 e. The van der Waals surface area contributed by atoms with Crippen LogP contribution in [0.25, 0.3) is 56.2 Å². The summed E-state index contributed by atoms with van der Waals surface area (Å²) in [6.07, 6.45) is 3.00. The number of hydrogen-bond acceptors (Lipinski definition) is 4. The highest BCUT2D eigenvalue weighted by Gasteiger charge is 2.41. The van der Waals surface area contributed by atoms with Crippen molar-refractivity contribution in [3.05, 3.63) is 169 Å². The minimum absolute atomic E-state index is 0.0871. The van der Waals surface area contributed by atoms with Gasteiger partial charge in [-0.3, -0.25) is 0 Å². The van der Waals surface area contributed by atoms with Crippen LogP contribution in [0.15, 0.2) is 158 Å². The molecule has 2 aliphatic rings. The molecule has 3 atom stereocenters. The third-order valence-corrected chi connectivity index (χ3v) is 10.1. The largest absolute Gasteiger partial charge is 0.489 e. The number of nitrogens with zero attached hydrogens (tertiary/aromatic N) is 3. The predicted molar refractivity (Wildman–Crippen MR) is 197 cm³/mol. The van der Waals surface area contributed by atoms with Crippen LogP contribution in [0.5, 0.6) is 5.75 Å². The molecule has 9 rings (SSSR count). The molecule has 4 nitrogen and oxygen atoms in total. The summed E-state index contributed by atoms with van der Waals surface area (Å²) in [7, 11) is 0. The summed E-state index contributed by atoms with van der Waals surface area (Å²) < 4.78 is 6.88. The van der Waals surface area contributed by atoms with E-state index in [4.69, 9.17) is 19.7 Å². The molecule has 0 N–H and O–H groups in total. The van der Waals surface area contributed by atoms with Crippen molar-refractivity contribution in [2.45, 2.75) is 37.2 Å². The normalized spacial score (nSPS) is 17.9. The second-order valence-corrected chi connectivity index (χ2v) is 13.1. The maximum atomic E-state index is 6.88. The van der Waals surface area contributed by atoms with Gasteiger partial charge in [0.05, 0.1) is 0 Å². The molecule has 0 bridgehead atoms. The summed E-state index contributed by atoms with van der Waals surface area (Å²) in [4.78, 5) is 15.2. The van der Waals surface area contributed by atoms with Crippen LogP contribution in [0.4, 0.5) is 0 Å². The molecule has 3 unspecified atom stereocenters. The second kappa shape index (κ2) is 12.6. The Kier molecular flexibility index (Phi) is 7.55. The maximum absolute atomic E-state index is 6.88. The Balaban J connectivity index is 1.01. The number of rotatable bonds is 6. The highest BCUT2D eigenvalue weighted by Crippen LogP contribution is 2.52. The molecule has 49 heavy (non-hydrogen) atoms. The lowest BCUT2D eigenvalue weighted by Gasteiger charge is -2.30. The molecule has 1 aromatic heterocycles. The molecule has 7 aromatic rings. The fraction of sp³-hybridized carbons (Fsp3) is 0.133. The van der Waals surface area contributed by atoms with Gasteiger partial charge in [-0.1, -0.05) is 158 Å². The van der Waals surface area contributed by atoms with Gasteiger partial charge in [0.2, 0.25) is 0 Å². The zero-order chi connectivity index (χ0) is 32.6. The third-order valence-electron chi connectivity index (χ3n) is 10.1. The van der Waals surface area contributed by atoms with Gasteiger partial charge in [-0.25, -0.2) is 15.0 Å². The molecule has 1 aliphatic carbocycles. The van der Waals surface area contributed by atoms with Gasteiger partial charge in [-0.15, -0.1) is 0 Å². The van der Waals surface area contributed by atoms with E-state index >= 15 is 0 Å². The van der Waals surface area contributed by atoms with Gasteiger partial charge in [0, 0.05) is 34.1 Å². The first-order valence-electron chi connectivity index (χ1n) is 17.2. The molecule has 1 saturated carbocycles. The lowest BCUT2D eigenvalue weighted by Crippen LogP contribution is -2.28. The topological polar surface area (TPSA) is 47.9 Å². The Bertz CT molecular complexity index is 2220. The van der Waals surface area contributed by atoms with E-state index in [1.54, 1.807) is 0 Å².